The summed E-state index contributed by atoms with van der Waals surface area (Å²) in [6, 6.07) is 7.19. The normalized spacial score (nSPS) is 16.0. The van der Waals surface area contributed by atoms with Gasteiger partial charge in [-0.25, -0.2) is 0 Å². The van der Waals surface area contributed by atoms with Gasteiger partial charge in [-0.15, -0.1) is 0 Å². The molecule has 1 aromatic carbocycles. The molecule has 1 saturated heterocycles. The van der Waals surface area contributed by atoms with Crippen LogP contribution < -0.4 is 5.32 Å². The minimum atomic E-state index is -0.0524. The molecule has 1 aliphatic heterocycles. The summed E-state index contributed by atoms with van der Waals surface area (Å²) in [5.41, 5.74) is 1.48. The summed E-state index contributed by atoms with van der Waals surface area (Å²) in [6.07, 6.45) is 1.40. The summed E-state index contributed by atoms with van der Waals surface area (Å²) in [5, 5.41) is 12.0. The highest BCUT2D eigenvalue weighted by Crippen LogP contribution is 2.20. The van der Waals surface area contributed by atoms with E-state index < -0.39 is 0 Å². The third kappa shape index (κ3) is 3.57. The molecule has 0 aliphatic carbocycles. The number of anilines is 1. The van der Waals surface area contributed by atoms with Crippen molar-refractivity contribution >= 4 is 17.5 Å². The Kier molecular flexibility index (Phi) is 4.74. The maximum atomic E-state index is 12.2. The lowest BCUT2D eigenvalue weighted by Crippen LogP contribution is -2.40. The van der Waals surface area contributed by atoms with Gasteiger partial charge in [-0.2, -0.15) is 0 Å². The smallest absolute Gasteiger partial charge is 0.227 e. The van der Waals surface area contributed by atoms with Crippen LogP contribution in [0.5, 0.6) is 0 Å². The number of amides is 2. The van der Waals surface area contributed by atoms with E-state index in [4.69, 9.17) is 5.11 Å². The van der Waals surface area contributed by atoms with Gasteiger partial charge in [0.2, 0.25) is 11.8 Å². The molecule has 1 heterocycles. The van der Waals surface area contributed by atoms with E-state index in [1.54, 1.807) is 30.0 Å². The Morgan fingerprint density at radius 3 is 2.65 bits per heavy atom. The van der Waals surface area contributed by atoms with Crippen LogP contribution >= 0.6 is 0 Å². The zero-order valence-electron chi connectivity index (χ0n) is 11.6. The van der Waals surface area contributed by atoms with Crippen LogP contribution in [0, 0.1) is 5.92 Å². The quantitative estimate of drug-likeness (QED) is 0.876. The molecule has 1 aromatic rings. The van der Waals surface area contributed by atoms with Crippen LogP contribution in [0.15, 0.2) is 24.3 Å². The Balaban J connectivity index is 1.91. The molecular weight excluding hydrogens is 256 g/mol. The molecule has 5 heteroatoms. The van der Waals surface area contributed by atoms with Crippen LogP contribution in [0.2, 0.25) is 0 Å². The van der Waals surface area contributed by atoms with Crippen molar-refractivity contribution in [2.45, 2.75) is 26.4 Å². The van der Waals surface area contributed by atoms with Crippen LogP contribution in [-0.2, 0) is 16.2 Å². The first-order valence-electron chi connectivity index (χ1n) is 6.86. The molecule has 108 valence electrons. The lowest BCUT2D eigenvalue weighted by atomic mass is 9.95. The number of carbonyl (C=O) groups excluding carboxylic acids is 2. The van der Waals surface area contributed by atoms with Crippen molar-refractivity contribution in [1.82, 2.24) is 4.90 Å². The molecule has 20 heavy (non-hydrogen) atoms. The number of nitrogens with zero attached hydrogens (tertiary/aromatic N) is 1. The number of likely N-dealkylation sites (tertiary alicyclic amines) is 1. The number of hydrogen-bond acceptors (Lipinski definition) is 3. The fourth-order valence-electron chi connectivity index (χ4n) is 2.45. The number of benzene rings is 1. The van der Waals surface area contributed by atoms with Crippen molar-refractivity contribution in [2.24, 2.45) is 5.92 Å². The summed E-state index contributed by atoms with van der Waals surface area (Å²) in [6.45, 7) is 2.80. The Morgan fingerprint density at radius 1 is 1.35 bits per heavy atom. The highest BCUT2D eigenvalue weighted by Gasteiger charge is 2.25. The van der Waals surface area contributed by atoms with Crippen LogP contribution in [-0.4, -0.2) is 34.9 Å². The zero-order chi connectivity index (χ0) is 14.5. The number of nitrogens with one attached hydrogen (secondary N) is 1. The van der Waals surface area contributed by atoms with Crippen molar-refractivity contribution in [3.8, 4) is 0 Å². The van der Waals surface area contributed by atoms with Crippen LogP contribution in [0.1, 0.15) is 25.3 Å². The average Bonchev–Trinajstić information content (AvgIpc) is 2.47. The van der Waals surface area contributed by atoms with Gasteiger partial charge in [-0.05, 0) is 30.5 Å². The Hall–Kier alpha value is -1.88. The molecule has 0 atom stereocenters. The molecule has 0 aromatic heterocycles. The van der Waals surface area contributed by atoms with Gasteiger partial charge < -0.3 is 15.3 Å². The lowest BCUT2D eigenvalue weighted by molar-refractivity contribution is -0.132. The topological polar surface area (TPSA) is 69.6 Å². The molecule has 0 spiro atoms. The van der Waals surface area contributed by atoms with E-state index >= 15 is 0 Å². The Bertz CT molecular complexity index is 494. The minimum Gasteiger partial charge on any atom is -0.392 e. The van der Waals surface area contributed by atoms with Crippen LogP contribution in [0.3, 0.4) is 0 Å². The molecule has 0 saturated carbocycles. The van der Waals surface area contributed by atoms with E-state index in [1.807, 2.05) is 6.07 Å². The van der Waals surface area contributed by atoms with E-state index in [0.29, 0.717) is 31.6 Å². The van der Waals surface area contributed by atoms with Gasteiger partial charge in [0.15, 0.2) is 0 Å². The van der Waals surface area contributed by atoms with E-state index in [-0.39, 0.29) is 24.3 Å². The molecule has 1 aliphatic rings. The number of rotatable bonds is 3. The molecule has 2 N–H and O–H groups in total. The second-order valence-electron chi connectivity index (χ2n) is 5.13. The molecule has 1 fully saturated rings. The summed E-state index contributed by atoms with van der Waals surface area (Å²) < 4.78 is 0. The van der Waals surface area contributed by atoms with E-state index in [0.717, 1.165) is 5.56 Å². The number of carbonyl (C=O) groups is 2. The van der Waals surface area contributed by atoms with Gasteiger partial charge in [0.1, 0.15) is 0 Å². The number of aliphatic hydroxyl groups excluding tert-OH is 1. The van der Waals surface area contributed by atoms with E-state index in [9.17, 15) is 9.59 Å². The first-order valence-corrected chi connectivity index (χ1v) is 6.86. The molecule has 5 nitrogen and oxygen atoms in total. The maximum Gasteiger partial charge on any atom is 0.227 e. The standard InChI is InChI=1S/C15H20N2O3/c1-11(19)17-7-5-13(6-8-17)15(20)16-14-4-2-3-12(9-14)10-18/h2-4,9,13,18H,5-8,10H2,1H3,(H,16,20). The predicted octanol–water partition coefficient (Wildman–Crippen LogP) is 1.38. The minimum absolute atomic E-state index is 0.0108. The van der Waals surface area contributed by atoms with Gasteiger partial charge in [0.25, 0.3) is 0 Å². The zero-order valence-corrected chi connectivity index (χ0v) is 11.6. The SMILES string of the molecule is CC(=O)N1CCC(C(=O)Nc2cccc(CO)c2)CC1. The second-order valence-corrected chi connectivity index (χ2v) is 5.13. The van der Waals surface area contributed by atoms with Gasteiger partial charge in [0, 0.05) is 31.6 Å². The molecule has 0 unspecified atom stereocenters. The van der Waals surface area contributed by atoms with Crippen molar-refractivity contribution < 1.29 is 14.7 Å². The molecule has 2 amide bonds. The molecule has 0 radical (unpaired) electrons. The number of piperidine rings is 1. The van der Waals surface area contributed by atoms with E-state index in [1.165, 1.54) is 0 Å². The summed E-state index contributed by atoms with van der Waals surface area (Å²) in [5.74, 6) is 0.00572. The fraction of sp³-hybridized carbons (Fsp3) is 0.467. The van der Waals surface area contributed by atoms with Crippen molar-refractivity contribution in [2.75, 3.05) is 18.4 Å². The molecule has 2 rings (SSSR count). The largest absolute Gasteiger partial charge is 0.392 e. The third-order valence-corrected chi connectivity index (χ3v) is 3.69. The number of aliphatic hydroxyl groups is 1. The lowest BCUT2D eigenvalue weighted by Gasteiger charge is -2.30. The highest BCUT2D eigenvalue weighted by molar-refractivity contribution is 5.92. The summed E-state index contributed by atoms with van der Waals surface area (Å²) >= 11 is 0. The Labute approximate surface area is 118 Å². The third-order valence-electron chi connectivity index (χ3n) is 3.69. The summed E-state index contributed by atoms with van der Waals surface area (Å²) in [4.78, 5) is 25.2. The van der Waals surface area contributed by atoms with Gasteiger partial charge >= 0.3 is 0 Å². The molecular formula is C15H20N2O3. The monoisotopic (exact) mass is 276 g/mol. The van der Waals surface area contributed by atoms with Crippen LogP contribution in [0.25, 0.3) is 0 Å². The second kappa shape index (κ2) is 6.52. The Morgan fingerprint density at radius 2 is 2.05 bits per heavy atom. The van der Waals surface area contributed by atoms with Crippen molar-refractivity contribution in [3.63, 3.8) is 0 Å². The van der Waals surface area contributed by atoms with Gasteiger partial charge in [-0.1, -0.05) is 12.1 Å². The summed E-state index contributed by atoms with van der Waals surface area (Å²) in [7, 11) is 0. The highest BCUT2D eigenvalue weighted by atomic mass is 16.3. The first kappa shape index (κ1) is 14.5. The van der Waals surface area contributed by atoms with Gasteiger partial charge in [-0.3, -0.25) is 9.59 Å². The fourth-order valence-corrected chi connectivity index (χ4v) is 2.45. The number of hydrogen-bond donors (Lipinski definition) is 2. The van der Waals surface area contributed by atoms with Gasteiger partial charge in [0.05, 0.1) is 6.61 Å². The van der Waals surface area contributed by atoms with Crippen LogP contribution in [0.4, 0.5) is 5.69 Å². The predicted molar refractivity (Wildman–Crippen MR) is 76.0 cm³/mol. The van der Waals surface area contributed by atoms with Crippen molar-refractivity contribution in [3.05, 3.63) is 29.8 Å². The maximum absolute atomic E-state index is 12.2. The van der Waals surface area contributed by atoms with Crippen molar-refractivity contribution in [1.29, 1.82) is 0 Å². The first-order chi connectivity index (χ1) is 9.60. The average molecular weight is 276 g/mol. The molecule has 0 bridgehead atoms. The van der Waals surface area contributed by atoms with E-state index in [2.05, 4.69) is 5.32 Å².